The van der Waals surface area contributed by atoms with Crippen molar-refractivity contribution in [1.29, 1.82) is 0 Å². The molecular formula is C18H18ClN3O5S. The summed E-state index contributed by atoms with van der Waals surface area (Å²) in [6, 6.07) is 10.6. The SMILES string of the molecule is Cc1ccc(Cl)cc1N(CC(=O)N/N=C\c1ccc(C(=O)O)cc1)S(C)(=O)=O. The number of hydrazone groups is 1. The molecule has 0 radical (unpaired) electrons. The molecule has 0 aliphatic rings. The van der Waals surface area contributed by atoms with Gasteiger partial charge in [0, 0.05) is 5.02 Å². The highest BCUT2D eigenvalue weighted by molar-refractivity contribution is 7.92. The second-order valence-corrected chi connectivity index (χ2v) is 8.26. The van der Waals surface area contributed by atoms with Crippen LogP contribution in [0.4, 0.5) is 5.69 Å². The Bertz CT molecular complexity index is 1020. The number of carboxylic acids is 1. The lowest BCUT2D eigenvalue weighted by atomic mass is 10.1. The van der Waals surface area contributed by atoms with E-state index in [2.05, 4.69) is 10.5 Å². The van der Waals surface area contributed by atoms with Crippen LogP contribution in [0.3, 0.4) is 0 Å². The van der Waals surface area contributed by atoms with Gasteiger partial charge >= 0.3 is 5.97 Å². The van der Waals surface area contributed by atoms with Crippen LogP contribution in [0.1, 0.15) is 21.5 Å². The molecule has 0 atom stereocenters. The molecule has 2 aromatic carbocycles. The maximum atomic E-state index is 12.2. The average Bonchev–Trinajstić information content (AvgIpc) is 2.61. The van der Waals surface area contributed by atoms with Crippen LogP contribution >= 0.6 is 11.6 Å². The molecule has 0 spiro atoms. The topological polar surface area (TPSA) is 116 Å². The number of nitrogens with one attached hydrogen (secondary N) is 1. The molecule has 0 bridgehead atoms. The quantitative estimate of drug-likeness (QED) is 0.523. The zero-order valence-electron chi connectivity index (χ0n) is 15.1. The summed E-state index contributed by atoms with van der Waals surface area (Å²) in [5, 5.41) is 13.0. The van der Waals surface area contributed by atoms with Crippen molar-refractivity contribution < 1.29 is 23.1 Å². The molecule has 0 aliphatic carbocycles. The molecule has 8 nitrogen and oxygen atoms in total. The van der Waals surface area contributed by atoms with E-state index in [0.29, 0.717) is 21.8 Å². The van der Waals surface area contributed by atoms with Crippen LogP contribution < -0.4 is 9.73 Å². The molecule has 148 valence electrons. The summed E-state index contributed by atoms with van der Waals surface area (Å²) < 4.78 is 25.2. The van der Waals surface area contributed by atoms with Gasteiger partial charge in [0.2, 0.25) is 10.0 Å². The zero-order valence-corrected chi connectivity index (χ0v) is 16.7. The fourth-order valence-corrected chi connectivity index (χ4v) is 3.36. The van der Waals surface area contributed by atoms with Crippen LogP contribution in [-0.4, -0.2) is 44.4 Å². The minimum absolute atomic E-state index is 0.127. The van der Waals surface area contributed by atoms with Crippen LogP contribution in [0.2, 0.25) is 5.02 Å². The predicted octanol–water partition coefficient (Wildman–Crippen LogP) is 2.26. The van der Waals surface area contributed by atoms with Crippen molar-refractivity contribution in [2.45, 2.75) is 6.92 Å². The molecule has 0 aliphatic heterocycles. The first-order valence-corrected chi connectivity index (χ1v) is 10.2. The molecule has 28 heavy (non-hydrogen) atoms. The number of amides is 1. The van der Waals surface area contributed by atoms with Gasteiger partial charge in [0.25, 0.3) is 5.91 Å². The molecule has 1 amide bonds. The van der Waals surface area contributed by atoms with Gasteiger partial charge in [0.05, 0.1) is 23.7 Å². The standard InChI is InChI=1S/C18H18ClN3O5S/c1-12-3-8-15(19)9-16(12)22(28(2,26)27)11-17(23)21-20-10-13-4-6-14(7-5-13)18(24)25/h3-10H,11H2,1-2H3,(H,21,23)(H,24,25)/b20-10-. The maximum absolute atomic E-state index is 12.2. The minimum atomic E-state index is -3.74. The van der Waals surface area contributed by atoms with Crippen molar-refractivity contribution in [3.05, 3.63) is 64.2 Å². The molecule has 0 saturated heterocycles. The van der Waals surface area contributed by atoms with Crippen molar-refractivity contribution in [3.63, 3.8) is 0 Å². The Hall–Kier alpha value is -2.91. The third kappa shape index (κ3) is 5.80. The number of hydrogen-bond donors (Lipinski definition) is 2. The highest BCUT2D eigenvalue weighted by Crippen LogP contribution is 2.26. The van der Waals surface area contributed by atoms with Gasteiger partial charge < -0.3 is 5.11 Å². The molecule has 2 aromatic rings. The van der Waals surface area contributed by atoms with E-state index in [9.17, 15) is 18.0 Å². The Morgan fingerprint density at radius 3 is 2.43 bits per heavy atom. The minimum Gasteiger partial charge on any atom is -0.478 e. The Morgan fingerprint density at radius 1 is 1.21 bits per heavy atom. The number of aryl methyl sites for hydroxylation is 1. The number of carbonyl (C=O) groups excluding carboxylic acids is 1. The zero-order chi connectivity index (χ0) is 20.9. The molecular weight excluding hydrogens is 406 g/mol. The van der Waals surface area contributed by atoms with Gasteiger partial charge in [-0.15, -0.1) is 0 Å². The van der Waals surface area contributed by atoms with E-state index in [1.165, 1.54) is 36.5 Å². The number of anilines is 1. The van der Waals surface area contributed by atoms with Crippen LogP contribution in [0.15, 0.2) is 47.6 Å². The van der Waals surface area contributed by atoms with E-state index in [4.69, 9.17) is 16.7 Å². The summed E-state index contributed by atoms with van der Waals surface area (Å²) in [4.78, 5) is 23.0. The molecule has 10 heteroatoms. The summed E-state index contributed by atoms with van der Waals surface area (Å²) in [7, 11) is -3.74. The Labute approximate surface area is 167 Å². The number of sulfonamides is 1. The van der Waals surface area contributed by atoms with E-state index >= 15 is 0 Å². The number of aromatic carboxylic acids is 1. The van der Waals surface area contributed by atoms with Crippen LogP contribution in [0, 0.1) is 6.92 Å². The number of rotatable bonds is 7. The van der Waals surface area contributed by atoms with Crippen molar-refractivity contribution >= 4 is 45.4 Å². The summed E-state index contributed by atoms with van der Waals surface area (Å²) >= 11 is 5.95. The number of carboxylic acid groups (broad SMARTS) is 1. The van der Waals surface area contributed by atoms with Gasteiger partial charge in [0.15, 0.2) is 0 Å². The van der Waals surface area contributed by atoms with E-state index in [1.807, 2.05) is 0 Å². The Balaban J connectivity index is 2.10. The van der Waals surface area contributed by atoms with Crippen LogP contribution in [-0.2, 0) is 14.8 Å². The van der Waals surface area contributed by atoms with E-state index in [1.54, 1.807) is 19.1 Å². The number of halogens is 1. The van der Waals surface area contributed by atoms with Crippen molar-refractivity contribution in [1.82, 2.24) is 5.43 Å². The largest absolute Gasteiger partial charge is 0.478 e. The molecule has 2 N–H and O–H groups in total. The molecule has 0 unspecified atom stereocenters. The maximum Gasteiger partial charge on any atom is 0.335 e. The third-order valence-electron chi connectivity index (χ3n) is 3.69. The smallest absolute Gasteiger partial charge is 0.335 e. The second-order valence-electron chi connectivity index (χ2n) is 5.92. The van der Waals surface area contributed by atoms with Crippen molar-refractivity contribution in [2.24, 2.45) is 5.10 Å². The Kier molecular flexibility index (Phi) is 6.76. The molecule has 2 rings (SSSR count). The normalized spacial score (nSPS) is 11.4. The number of nitrogens with zero attached hydrogens (tertiary/aromatic N) is 2. The lowest BCUT2D eigenvalue weighted by Crippen LogP contribution is -2.39. The highest BCUT2D eigenvalue weighted by Gasteiger charge is 2.22. The first-order valence-electron chi connectivity index (χ1n) is 7.97. The summed E-state index contributed by atoms with van der Waals surface area (Å²) in [5.74, 6) is -1.70. The van der Waals surface area contributed by atoms with Gasteiger partial charge in [-0.05, 0) is 42.3 Å². The van der Waals surface area contributed by atoms with Crippen molar-refractivity contribution in [3.8, 4) is 0 Å². The molecule has 0 aromatic heterocycles. The molecule has 0 heterocycles. The highest BCUT2D eigenvalue weighted by atomic mass is 35.5. The van der Waals surface area contributed by atoms with Gasteiger partial charge in [-0.3, -0.25) is 9.10 Å². The second kappa shape index (κ2) is 8.85. The first kappa shape index (κ1) is 21.4. The average molecular weight is 424 g/mol. The third-order valence-corrected chi connectivity index (χ3v) is 5.05. The van der Waals surface area contributed by atoms with E-state index < -0.39 is 28.4 Å². The number of hydrogen-bond acceptors (Lipinski definition) is 5. The number of benzene rings is 2. The van der Waals surface area contributed by atoms with E-state index in [-0.39, 0.29) is 5.56 Å². The van der Waals surface area contributed by atoms with Gasteiger partial charge in [-0.2, -0.15) is 5.10 Å². The first-order chi connectivity index (χ1) is 13.1. The lowest BCUT2D eigenvalue weighted by molar-refractivity contribution is -0.119. The predicted molar refractivity (Wildman–Crippen MR) is 108 cm³/mol. The van der Waals surface area contributed by atoms with Gasteiger partial charge in [-0.25, -0.2) is 18.6 Å². The van der Waals surface area contributed by atoms with Gasteiger partial charge in [-0.1, -0.05) is 29.8 Å². The summed E-state index contributed by atoms with van der Waals surface area (Å²) in [6.45, 7) is 1.23. The van der Waals surface area contributed by atoms with Crippen LogP contribution in [0.5, 0.6) is 0 Å². The van der Waals surface area contributed by atoms with Gasteiger partial charge in [0.1, 0.15) is 6.54 Å². The summed E-state index contributed by atoms with van der Waals surface area (Å²) in [6.07, 6.45) is 2.31. The number of carbonyl (C=O) groups is 2. The summed E-state index contributed by atoms with van der Waals surface area (Å²) in [5.41, 5.74) is 3.89. The van der Waals surface area contributed by atoms with Crippen molar-refractivity contribution in [2.75, 3.05) is 17.1 Å². The fourth-order valence-electron chi connectivity index (χ4n) is 2.29. The lowest BCUT2D eigenvalue weighted by Gasteiger charge is -2.23. The van der Waals surface area contributed by atoms with Crippen LogP contribution in [0.25, 0.3) is 0 Å². The Morgan fingerprint density at radius 2 is 1.86 bits per heavy atom. The molecule has 0 fully saturated rings. The molecule has 0 saturated carbocycles. The van der Waals surface area contributed by atoms with E-state index in [0.717, 1.165) is 10.6 Å². The monoisotopic (exact) mass is 423 g/mol. The fraction of sp³-hybridized carbons (Fsp3) is 0.167.